The van der Waals surface area contributed by atoms with Crippen LogP contribution in [0.15, 0.2) is 63.5 Å². The van der Waals surface area contributed by atoms with Crippen molar-refractivity contribution in [2.45, 2.75) is 27.0 Å². The third kappa shape index (κ3) is 4.35. The number of nitrogens with one attached hydrogen (secondary N) is 1. The lowest BCUT2D eigenvalue weighted by Gasteiger charge is -2.09. The zero-order valence-corrected chi connectivity index (χ0v) is 16.3. The molecule has 4 nitrogen and oxygen atoms in total. The maximum atomic E-state index is 12.4. The van der Waals surface area contributed by atoms with Crippen molar-refractivity contribution in [2.24, 2.45) is 0 Å². The van der Waals surface area contributed by atoms with E-state index in [1.807, 2.05) is 61.5 Å². The van der Waals surface area contributed by atoms with Crippen molar-refractivity contribution in [1.29, 1.82) is 0 Å². The highest BCUT2D eigenvalue weighted by atomic mass is 79.9. The van der Waals surface area contributed by atoms with Crippen molar-refractivity contribution < 1.29 is 13.9 Å². The van der Waals surface area contributed by atoms with Gasteiger partial charge in [-0.25, -0.2) is 0 Å². The summed E-state index contributed by atoms with van der Waals surface area (Å²) >= 11 is 3.41. The van der Waals surface area contributed by atoms with E-state index in [2.05, 4.69) is 21.2 Å². The van der Waals surface area contributed by atoms with Gasteiger partial charge in [0.15, 0.2) is 0 Å². The predicted molar refractivity (Wildman–Crippen MR) is 104 cm³/mol. The number of ether oxygens (including phenoxy) is 1. The van der Waals surface area contributed by atoms with E-state index in [1.165, 1.54) is 0 Å². The first kappa shape index (κ1) is 18.3. The third-order valence-corrected chi connectivity index (χ3v) is 4.96. The molecule has 0 saturated carbocycles. The molecule has 3 rings (SSSR count). The van der Waals surface area contributed by atoms with E-state index in [0.717, 1.165) is 16.9 Å². The molecule has 1 aromatic heterocycles. The number of furan rings is 1. The monoisotopic (exact) mass is 413 g/mol. The number of benzene rings is 2. The number of hydrogen-bond donors (Lipinski definition) is 1. The molecule has 0 spiro atoms. The first-order valence-corrected chi connectivity index (χ1v) is 9.13. The average molecular weight is 414 g/mol. The van der Waals surface area contributed by atoms with Crippen LogP contribution in [-0.4, -0.2) is 5.91 Å². The van der Waals surface area contributed by atoms with Crippen LogP contribution in [0.1, 0.15) is 33.0 Å². The molecule has 1 heterocycles. The summed E-state index contributed by atoms with van der Waals surface area (Å²) in [5, 5.41) is 2.94. The summed E-state index contributed by atoms with van der Waals surface area (Å²) in [5.74, 6) is 1.99. The molecule has 0 aliphatic rings. The highest BCUT2D eigenvalue weighted by Gasteiger charge is 2.19. The minimum Gasteiger partial charge on any atom is -0.489 e. The summed E-state index contributed by atoms with van der Waals surface area (Å²) in [4.78, 5) is 12.4. The first-order valence-electron chi connectivity index (χ1n) is 8.34. The van der Waals surface area contributed by atoms with Gasteiger partial charge in [-0.3, -0.25) is 4.79 Å². The summed E-state index contributed by atoms with van der Waals surface area (Å²) in [7, 11) is 0. The number of amides is 1. The molecule has 1 N–H and O–H groups in total. The molecule has 0 radical (unpaired) electrons. The zero-order valence-electron chi connectivity index (χ0n) is 14.7. The molecule has 5 heteroatoms. The third-order valence-electron chi connectivity index (χ3n) is 4.01. The Balaban J connectivity index is 1.61. The fourth-order valence-electron chi connectivity index (χ4n) is 2.70. The second-order valence-electron chi connectivity index (χ2n) is 6.01. The van der Waals surface area contributed by atoms with Crippen LogP contribution in [0.2, 0.25) is 0 Å². The molecule has 0 atom stereocenters. The predicted octanol–water partition coefficient (Wildman–Crippen LogP) is 5.17. The van der Waals surface area contributed by atoms with Gasteiger partial charge in [-0.05, 0) is 53.0 Å². The summed E-state index contributed by atoms with van der Waals surface area (Å²) in [5.41, 5.74) is 2.62. The fraction of sp³-hybridized carbons (Fsp3) is 0.190. The largest absolute Gasteiger partial charge is 0.489 e. The van der Waals surface area contributed by atoms with E-state index < -0.39 is 0 Å². The van der Waals surface area contributed by atoms with E-state index in [4.69, 9.17) is 9.15 Å². The molecular formula is C21H20BrNO3. The van der Waals surface area contributed by atoms with E-state index in [9.17, 15) is 4.79 Å². The molecule has 26 heavy (non-hydrogen) atoms. The van der Waals surface area contributed by atoms with Crippen molar-refractivity contribution in [3.63, 3.8) is 0 Å². The molecule has 0 bridgehead atoms. The lowest BCUT2D eigenvalue weighted by Crippen LogP contribution is -2.23. The number of para-hydroxylation sites is 1. The van der Waals surface area contributed by atoms with Crippen LogP contribution < -0.4 is 10.1 Å². The lowest BCUT2D eigenvalue weighted by atomic mass is 10.1. The average Bonchev–Trinajstić information content (AvgIpc) is 2.91. The molecule has 0 aliphatic carbocycles. The number of rotatable bonds is 6. The molecule has 0 fully saturated rings. The standard InChI is InChI=1S/C21H20BrNO3/c1-14-19(20(22)15(2)26-14)21(24)23-12-16-7-6-8-17(11-16)13-25-18-9-4-3-5-10-18/h3-11H,12-13H2,1-2H3,(H,23,24). The first-order chi connectivity index (χ1) is 12.5. The van der Waals surface area contributed by atoms with Gasteiger partial charge in [0.2, 0.25) is 0 Å². The normalized spacial score (nSPS) is 10.6. The molecule has 3 aromatic rings. The zero-order chi connectivity index (χ0) is 18.5. The van der Waals surface area contributed by atoms with E-state index in [1.54, 1.807) is 6.92 Å². The molecule has 134 valence electrons. The minimum atomic E-state index is -0.155. The van der Waals surface area contributed by atoms with Gasteiger partial charge in [0.25, 0.3) is 5.91 Å². The van der Waals surface area contributed by atoms with Gasteiger partial charge in [-0.1, -0.05) is 42.5 Å². The fourth-order valence-corrected chi connectivity index (χ4v) is 3.24. The minimum absolute atomic E-state index is 0.155. The van der Waals surface area contributed by atoms with Crippen LogP contribution in [0.5, 0.6) is 5.75 Å². The summed E-state index contributed by atoms with van der Waals surface area (Å²) in [6, 6.07) is 17.7. The topological polar surface area (TPSA) is 51.5 Å². The van der Waals surface area contributed by atoms with Crippen molar-refractivity contribution in [1.82, 2.24) is 5.32 Å². The van der Waals surface area contributed by atoms with Crippen molar-refractivity contribution in [2.75, 3.05) is 0 Å². The van der Waals surface area contributed by atoms with Crippen LogP contribution in [-0.2, 0) is 13.2 Å². The van der Waals surface area contributed by atoms with Crippen LogP contribution in [0.4, 0.5) is 0 Å². The van der Waals surface area contributed by atoms with Gasteiger partial charge in [0.05, 0.1) is 10.0 Å². The lowest BCUT2D eigenvalue weighted by molar-refractivity contribution is 0.0948. The Hall–Kier alpha value is -2.53. The Bertz CT molecular complexity index is 903. The van der Waals surface area contributed by atoms with Crippen LogP contribution >= 0.6 is 15.9 Å². The highest BCUT2D eigenvalue weighted by molar-refractivity contribution is 9.10. The summed E-state index contributed by atoms with van der Waals surface area (Å²) in [6.07, 6.45) is 0. The maximum absolute atomic E-state index is 12.4. The van der Waals surface area contributed by atoms with Gasteiger partial charge in [0, 0.05) is 6.54 Å². The Morgan fingerprint density at radius 1 is 1.04 bits per heavy atom. The maximum Gasteiger partial charge on any atom is 0.256 e. The molecule has 0 unspecified atom stereocenters. The number of aryl methyl sites for hydroxylation is 2. The van der Waals surface area contributed by atoms with E-state index in [-0.39, 0.29) is 5.91 Å². The molecule has 1 amide bonds. The second-order valence-corrected chi connectivity index (χ2v) is 6.80. The molecule has 0 aliphatic heterocycles. The number of carbonyl (C=O) groups is 1. The van der Waals surface area contributed by atoms with Crippen molar-refractivity contribution in [3.8, 4) is 5.75 Å². The second kappa shape index (κ2) is 8.23. The van der Waals surface area contributed by atoms with E-state index >= 15 is 0 Å². The van der Waals surface area contributed by atoms with Gasteiger partial charge >= 0.3 is 0 Å². The highest BCUT2D eigenvalue weighted by Crippen LogP contribution is 2.27. The van der Waals surface area contributed by atoms with Gasteiger partial charge in [0.1, 0.15) is 23.9 Å². The van der Waals surface area contributed by atoms with Crippen LogP contribution in [0.25, 0.3) is 0 Å². The number of carbonyl (C=O) groups excluding carboxylic acids is 1. The molecule has 2 aromatic carbocycles. The van der Waals surface area contributed by atoms with Crippen LogP contribution in [0.3, 0.4) is 0 Å². The number of halogens is 1. The smallest absolute Gasteiger partial charge is 0.256 e. The van der Waals surface area contributed by atoms with Gasteiger partial charge < -0.3 is 14.5 Å². The van der Waals surface area contributed by atoms with E-state index in [0.29, 0.717) is 34.7 Å². The molecular weight excluding hydrogens is 394 g/mol. The SMILES string of the molecule is Cc1oc(C)c(C(=O)NCc2cccc(COc3ccccc3)c2)c1Br. The van der Waals surface area contributed by atoms with Crippen molar-refractivity contribution >= 4 is 21.8 Å². The summed E-state index contributed by atoms with van der Waals surface area (Å²) < 4.78 is 12.0. The molecule has 0 saturated heterocycles. The number of hydrogen-bond acceptors (Lipinski definition) is 3. The quantitative estimate of drug-likeness (QED) is 0.606. The Morgan fingerprint density at radius 2 is 1.77 bits per heavy atom. The van der Waals surface area contributed by atoms with Crippen molar-refractivity contribution in [3.05, 3.63) is 87.3 Å². The van der Waals surface area contributed by atoms with Gasteiger partial charge in [-0.2, -0.15) is 0 Å². The summed E-state index contributed by atoms with van der Waals surface area (Å²) in [6.45, 7) is 4.53. The Morgan fingerprint density at radius 3 is 2.46 bits per heavy atom. The van der Waals surface area contributed by atoms with Gasteiger partial charge in [-0.15, -0.1) is 0 Å². The Labute approximate surface area is 161 Å². The van der Waals surface area contributed by atoms with Crippen LogP contribution in [0, 0.1) is 13.8 Å². The Kier molecular flexibility index (Phi) is 5.78.